The van der Waals surface area contributed by atoms with E-state index in [1.54, 1.807) is 0 Å². The standard InChI is InChI=1S/C16H13Br/c1-11-9-13-7-8-15(17)16(14(13)10-11)12-5-3-2-4-6-12/h2-8,10H,9H2,1H3. The fourth-order valence-electron chi connectivity index (χ4n) is 2.45. The molecule has 0 fully saturated rings. The Morgan fingerprint density at radius 1 is 1.00 bits per heavy atom. The lowest BCUT2D eigenvalue weighted by Crippen LogP contribution is -1.88. The third kappa shape index (κ3) is 1.85. The molecular formula is C16H13Br. The molecule has 0 saturated heterocycles. The van der Waals surface area contributed by atoms with E-state index in [-0.39, 0.29) is 0 Å². The molecule has 0 bridgehead atoms. The number of benzene rings is 2. The second-order valence-electron chi connectivity index (χ2n) is 4.53. The summed E-state index contributed by atoms with van der Waals surface area (Å²) < 4.78 is 1.17. The molecule has 2 aromatic carbocycles. The minimum atomic E-state index is 1.09. The summed E-state index contributed by atoms with van der Waals surface area (Å²) in [4.78, 5) is 0. The number of hydrogen-bond acceptors (Lipinski definition) is 0. The molecule has 0 radical (unpaired) electrons. The van der Waals surface area contributed by atoms with Crippen molar-refractivity contribution >= 4 is 22.0 Å². The molecule has 0 atom stereocenters. The summed E-state index contributed by atoms with van der Waals surface area (Å²) in [5.41, 5.74) is 6.85. The summed E-state index contributed by atoms with van der Waals surface area (Å²) in [6.45, 7) is 2.20. The van der Waals surface area contributed by atoms with Crippen LogP contribution < -0.4 is 0 Å². The van der Waals surface area contributed by atoms with E-state index >= 15 is 0 Å². The number of hydrogen-bond donors (Lipinski definition) is 0. The van der Waals surface area contributed by atoms with Crippen LogP contribution in [-0.2, 0) is 6.42 Å². The molecule has 0 N–H and O–H groups in total. The van der Waals surface area contributed by atoms with E-state index < -0.39 is 0 Å². The van der Waals surface area contributed by atoms with Crippen molar-refractivity contribution in [3.8, 4) is 11.1 Å². The maximum absolute atomic E-state index is 3.68. The van der Waals surface area contributed by atoms with Gasteiger partial charge in [0.15, 0.2) is 0 Å². The van der Waals surface area contributed by atoms with Crippen LogP contribution >= 0.6 is 15.9 Å². The average molecular weight is 285 g/mol. The van der Waals surface area contributed by atoms with Crippen molar-refractivity contribution in [2.45, 2.75) is 13.3 Å². The van der Waals surface area contributed by atoms with Crippen LogP contribution in [0.4, 0.5) is 0 Å². The molecule has 1 heteroatoms. The molecule has 0 heterocycles. The molecule has 0 amide bonds. The molecule has 0 saturated carbocycles. The molecule has 0 spiro atoms. The van der Waals surface area contributed by atoms with Gasteiger partial charge in [0, 0.05) is 10.0 Å². The quantitative estimate of drug-likeness (QED) is 0.685. The minimum Gasteiger partial charge on any atom is -0.0683 e. The Kier molecular flexibility index (Phi) is 2.64. The van der Waals surface area contributed by atoms with Crippen molar-refractivity contribution in [3.63, 3.8) is 0 Å². The van der Waals surface area contributed by atoms with Gasteiger partial charge in [-0.1, -0.05) is 64.0 Å². The van der Waals surface area contributed by atoms with Crippen molar-refractivity contribution in [3.05, 3.63) is 63.6 Å². The van der Waals surface area contributed by atoms with Crippen LogP contribution in [0.15, 0.2) is 52.5 Å². The van der Waals surface area contributed by atoms with Gasteiger partial charge >= 0.3 is 0 Å². The Balaban J connectivity index is 2.27. The lowest BCUT2D eigenvalue weighted by atomic mass is 9.97. The number of halogens is 1. The fourth-order valence-corrected chi connectivity index (χ4v) is 3.03. The van der Waals surface area contributed by atoms with E-state index in [2.05, 4.69) is 71.4 Å². The Morgan fingerprint density at radius 3 is 2.53 bits per heavy atom. The van der Waals surface area contributed by atoms with E-state index in [4.69, 9.17) is 0 Å². The van der Waals surface area contributed by atoms with E-state index in [0.717, 1.165) is 6.42 Å². The first-order chi connectivity index (χ1) is 8.25. The van der Waals surface area contributed by atoms with Crippen LogP contribution in [-0.4, -0.2) is 0 Å². The fraction of sp³-hybridized carbons (Fsp3) is 0.125. The first-order valence-electron chi connectivity index (χ1n) is 5.79. The third-order valence-corrected chi connectivity index (χ3v) is 3.87. The summed E-state index contributed by atoms with van der Waals surface area (Å²) >= 11 is 3.68. The van der Waals surface area contributed by atoms with Gasteiger partial charge in [0.1, 0.15) is 0 Å². The van der Waals surface area contributed by atoms with E-state index in [0.29, 0.717) is 0 Å². The van der Waals surface area contributed by atoms with Crippen molar-refractivity contribution in [2.24, 2.45) is 0 Å². The monoisotopic (exact) mass is 284 g/mol. The Morgan fingerprint density at radius 2 is 1.76 bits per heavy atom. The highest BCUT2D eigenvalue weighted by Gasteiger charge is 2.16. The first kappa shape index (κ1) is 10.8. The molecular weight excluding hydrogens is 272 g/mol. The second kappa shape index (κ2) is 4.15. The van der Waals surface area contributed by atoms with Crippen molar-refractivity contribution in [2.75, 3.05) is 0 Å². The molecule has 0 aromatic heterocycles. The lowest BCUT2D eigenvalue weighted by molar-refractivity contribution is 1.19. The van der Waals surface area contributed by atoms with Crippen LogP contribution in [0, 0.1) is 0 Å². The van der Waals surface area contributed by atoms with Crippen LogP contribution in [0.5, 0.6) is 0 Å². The molecule has 3 rings (SSSR count). The highest BCUT2D eigenvalue weighted by molar-refractivity contribution is 9.10. The summed E-state index contributed by atoms with van der Waals surface area (Å²) in [6, 6.07) is 15.0. The predicted molar refractivity (Wildman–Crippen MR) is 76.9 cm³/mol. The van der Waals surface area contributed by atoms with Crippen molar-refractivity contribution in [1.82, 2.24) is 0 Å². The molecule has 0 unspecified atom stereocenters. The SMILES string of the molecule is CC1=Cc2c(ccc(Br)c2-c2ccccc2)C1. The lowest BCUT2D eigenvalue weighted by Gasteiger charge is -2.10. The molecule has 0 aliphatic heterocycles. The Hall–Kier alpha value is -1.34. The van der Waals surface area contributed by atoms with Gasteiger partial charge in [-0.05, 0) is 36.1 Å². The molecule has 84 valence electrons. The van der Waals surface area contributed by atoms with Gasteiger partial charge in [0.25, 0.3) is 0 Å². The third-order valence-electron chi connectivity index (χ3n) is 3.21. The highest BCUT2D eigenvalue weighted by atomic mass is 79.9. The maximum Gasteiger partial charge on any atom is 0.0259 e. The van der Waals surface area contributed by atoms with E-state index in [9.17, 15) is 0 Å². The van der Waals surface area contributed by atoms with Gasteiger partial charge in [0.2, 0.25) is 0 Å². The van der Waals surface area contributed by atoms with E-state index in [1.807, 2.05) is 0 Å². The van der Waals surface area contributed by atoms with Gasteiger partial charge in [0.05, 0.1) is 0 Å². The zero-order chi connectivity index (χ0) is 11.8. The predicted octanol–water partition coefficient (Wildman–Crippen LogP) is 5.08. The summed E-state index contributed by atoms with van der Waals surface area (Å²) in [6.07, 6.45) is 3.39. The van der Waals surface area contributed by atoms with Crippen LogP contribution in [0.25, 0.3) is 17.2 Å². The van der Waals surface area contributed by atoms with Crippen molar-refractivity contribution < 1.29 is 0 Å². The molecule has 1 aliphatic rings. The molecule has 2 aromatic rings. The van der Waals surface area contributed by atoms with Crippen LogP contribution in [0.3, 0.4) is 0 Å². The smallest absolute Gasteiger partial charge is 0.0259 e. The Labute approximate surface area is 110 Å². The number of allylic oxidation sites excluding steroid dienone is 1. The summed E-state index contributed by atoms with van der Waals surface area (Å²) in [5.74, 6) is 0. The molecule has 1 aliphatic carbocycles. The van der Waals surface area contributed by atoms with Gasteiger partial charge < -0.3 is 0 Å². The van der Waals surface area contributed by atoms with Crippen LogP contribution in [0.1, 0.15) is 18.1 Å². The van der Waals surface area contributed by atoms with Gasteiger partial charge in [-0.2, -0.15) is 0 Å². The van der Waals surface area contributed by atoms with Gasteiger partial charge in [-0.15, -0.1) is 0 Å². The topological polar surface area (TPSA) is 0 Å². The first-order valence-corrected chi connectivity index (χ1v) is 6.59. The minimum absolute atomic E-state index is 1.09. The molecule has 0 nitrogen and oxygen atoms in total. The number of fused-ring (bicyclic) bond motifs is 1. The van der Waals surface area contributed by atoms with Crippen LogP contribution in [0.2, 0.25) is 0 Å². The van der Waals surface area contributed by atoms with Crippen molar-refractivity contribution in [1.29, 1.82) is 0 Å². The Bertz CT molecular complexity index is 594. The molecule has 17 heavy (non-hydrogen) atoms. The maximum atomic E-state index is 3.68. The summed E-state index contributed by atoms with van der Waals surface area (Å²) in [5, 5.41) is 0. The number of rotatable bonds is 1. The summed E-state index contributed by atoms with van der Waals surface area (Å²) in [7, 11) is 0. The normalized spacial score (nSPS) is 13.4. The largest absolute Gasteiger partial charge is 0.0683 e. The van der Waals surface area contributed by atoms with Gasteiger partial charge in [-0.25, -0.2) is 0 Å². The average Bonchev–Trinajstić information content (AvgIpc) is 2.70. The highest BCUT2D eigenvalue weighted by Crippen LogP contribution is 2.38. The second-order valence-corrected chi connectivity index (χ2v) is 5.38. The zero-order valence-electron chi connectivity index (χ0n) is 9.70. The van der Waals surface area contributed by atoms with Gasteiger partial charge in [-0.3, -0.25) is 0 Å². The van der Waals surface area contributed by atoms with E-state index in [1.165, 1.54) is 32.3 Å². The zero-order valence-corrected chi connectivity index (χ0v) is 11.3.